The number of aromatic nitrogens is 2. The van der Waals surface area contributed by atoms with Crippen LogP contribution < -0.4 is 5.73 Å². The average molecular weight is 205 g/mol. The first kappa shape index (κ1) is 9.86. The summed E-state index contributed by atoms with van der Waals surface area (Å²) in [6, 6.07) is 6.53. The molecule has 0 radical (unpaired) electrons. The molecule has 0 aliphatic rings. The van der Waals surface area contributed by atoms with Gasteiger partial charge >= 0.3 is 0 Å². The van der Waals surface area contributed by atoms with E-state index >= 15 is 0 Å². The van der Waals surface area contributed by atoms with Crippen LogP contribution in [0, 0.1) is 5.82 Å². The Labute approximate surface area is 87.3 Å². The minimum atomic E-state index is -0.312. The van der Waals surface area contributed by atoms with Gasteiger partial charge < -0.3 is 5.73 Å². The van der Waals surface area contributed by atoms with E-state index in [0.29, 0.717) is 5.69 Å². The SMILES string of the molecule is C[C@H](N)c1ccc(-n2cccn2)c(F)c1. The molecule has 1 aromatic carbocycles. The molecule has 1 heterocycles. The number of nitrogens with zero attached hydrogens (tertiary/aromatic N) is 2. The summed E-state index contributed by atoms with van der Waals surface area (Å²) in [5.74, 6) is -0.312. The molecule has 4 heteroatoms. The van der Waals surface area contributed by atoms with Crippen molar-refractivity contribution in [2.45, 2.75) is 13.0 Å². The molecule has 0 aliphatic heterocycles. The van der Waals surface area contributed by atoms with Crippen LogP contribution in [0.5, 0.6) is 0 Å². The molecule has 1 aromatic heterocycles. The minimum absolute atomic E-state index is 0.161. The quantitative estimate of drug-likeness (QED) is 0.815. The van der Waals surface area contributed by atoms with Crippen molar-refractivity contribution in [1.29, 1.82) is 0 Å². The van der Waals surface area contributed by atoms with Gasteiger partial charge in [-0.1, -0.05) is 6.07 Å². The second-order valence-corrected chi connectivity index (χ2v) is 3.45. The number of nitrogens with two attached hydrogens (primary N) is 1. The Balaban J connectivity index is 2.44. The zero-order chi connectivity index (χ0) is 10.8. The van der Waals surface area contributed by atoms with Crippen molar-refractivity contribution in [2.24, 2.45) is 5.73 Å². The van der Waals surface area contributed by atoms with Crippen molar-refractivity contribution in [1.82, 2.24) is 9.78 Å². The molecular weight excluding hydrogens is 193 g/mol. The molecule has 0 saturated carbocycles. The monoisotopic (exact) mass is 205 g/mol. The summed E-state index contributed by atoms with van der Waals surface area (Å²) >= 11 is 0. The van der Waals surface area contributed by atoms with Crippen LogP contribution in [0.1, 0.15) is 18.5 Å². The van der Waals surface area contributed by atoms with Gasteiger partial charge in [0.15, 0.2) is 0 Å². The van der Waals surface area contributed by atoms with Gasteiger partial charge in [-0.2, -0.15) is 5.10 Å². The van der Waals surface area contributed by atoms with Crippen LogP contribution in [0.4, 0.5) is 4.39 Å². The van der Waals surface area contributed by atoms with Crippen LogP contribution >= 0.6 is 0 Å². The largest absolute Gasteiger partial charge is 0.324 e. The van der Waals surface area contributed by atoms with Crippen LogP contribution in [0.3, 0.4) is 0 Å². The Morgan fingerprint density at radius 1 is 1.47 bits per heavy atom. The molecule has 3 nitrogen and oxygen atoms in total. The number of hydrogen-bond acceptors (Lipinski definition) is 2. The molecular formula is C11H12FN3. The first-order valence-electron chi connectivity index (χ1n) is 4.73. The molecule has 0 bridgehead atoms. The van der Waals surface area contributed by atoms with Gasteiger partial charge in [-0.25, -0.2) is 9.07 Å². The third-order valence-corrected chi connectivity index (χ3v) is 2.25. The lowest BCUT2D eigenvalue weighted by molar-refractivity contribution is 0.606. The maximum atomic E-state index is 13.7. The highest BCUT2D eigenvalue weighted by atomic mass is 19.1. The fourth-order valence-electron chi connectivity index (χ4n) is 1.40. The molecule has 0 amide bonds. The van der Waals surface area contributed by atoms with Crippen molar-refractivity contribution in [3.8, 4) is 5.69 Å². The Morgan fingerprint density at radius 3 is 2.80 bits per heavy atom. The van der Waals surface area contributed by atoms with E-state index in [9.17, 15) is 4.39 Å². The summed E-state index contributed by atoms with van der Waals surface area (Å²) in [6.07, 6.45) is 3.31. The molecule has 2 rings (SSSR count). The van der Waals surface area contributed by atoms with E-state index in [2.05, 4.69) is 5.10 Å². The van der Waals surface area contributed by atoms with Gasteiger partial charge in [0.1, 0.15) is 11.5 Å². The van der Waals surface area contributed by atoms with E-state index in [-0.39, 0.29) is 11.9 Å². The fraction of sp³-hybridized carbons (Fsp3) is 0.182. The van der Waals surface area contributed by atoms with Crippen molar-refractivity contribution in [3.63, 3.8) is 0 Å². The Kier molecular flexibility index (Phi) is 2.51. The first-order valence-corrected chi connectivity index (χ1v) is 4.73. The Hall–Kier alpha value is -1.68. The standard InChI is InChI=1S/C11H12FN3/c1-8(13)9-3-4-11(10(12)7-9)15-6-2-5-14-15/h2-8H,13H2,1H3/t8-/m0/s1. The molecule has 0 saturated heterocycles. The van der Waals surface area contributed by atoms with E-state index in [0.717, 1.165) is 5.56 Å². The van der Waals surface area contributed by atoms with Crippen molar-refractivity contribution in [3.05, 3.63) is 48.0 Å². The molecule has 1 atom stereocenters. The molecule has 0 spiro atoms. The van der Waals surface area contributed by atoms with E-state index in [1.165, 1.54) is 10.7 Å². The number of hydrogen-bond donors (Lipinski definition) is 1. The third-order valence-electron chi connectivity index (χ3n) is 2.25. The van der Waals surface area contributed by atoms with Gasteiger partial charge in [0.25, 0.3) is 0 Å². The zero-order valence-corrected chi connectivity index (χ0v) is 8.39. The zero-order valence-electron chi connectivity index (χ0n) is 8.39. The Morgan fingerprint density at radius 2 is 2.27 bits per heavy atom. The molecule has 2 aromatic rings. The van der Waals surface area contributed by atoms with Crippen LogP contribution in [0.15, 0.2) is 36.7 Å². The van der Waals surface area contributed by atoms with Gasteiger partial charge in [0, 0.05) is 18.4 Å². The molecule has 15 heavy (non-hydrogen) atoms. The van der Waals surface area contributed by atoms with Gasteiger partial charge in [-0.05, 0) is 30.7 Å². The Bertz CT molecular complexity index is 449. The highest BCUT2D eigenvalue weighted by Gasteiger charge is 2.07. The van der Waals surface area contributed by atoms with Gasteiger partial charge in [0.2, 0.25) is 0 Å². The van der Waals surface area contributed by atoms with E-state index in [4.69, 9.17) is 5.73 Å². The van der Waals surface area contributed by atoms with Crippen molar-refractivity contribution >= 4 is 0 Å². The smallest absolute Gasteiger partial charge is 0.149 e. The highest BCUT2D eigenvalue weighted by molar-refractivity contribution is 5.36. The van der Waals surface area contributed by atoms with E-state index in [1.54, 1.807) is 24.5 Å². The highest BCUT2D eigenvalue weighted by Crippen LogP contribution is 2.17. The molecule has 78 valence electrons. The van der Waals surface area contributed by atoms with E-state index < -0.39 is 0 Å². The lowest BCUT2D eigenvalue weighted by atomic mass is 10.1. The summed E-state index contributed by atoms with van der Waals surface area (Å²) < 4.78 is 15.1. The normalized spacial score (nSPS) is 12.7. The molecule has 0 fully saturated rings. The number of rotatable bonds is 2. The lowest BCUT2D eigenvalue weighted by Gasteiger charge is -2.08. The lowest BCUT2D eigenvalue weighted by Crippen LogP contribution is -2.06. The van der Waals surface area contributed by atoms with Crippen molar-refractivity contribution in [2.75, 3.05) is 0 Å². The second kappa shape index (κ2) is 3.82. The number of benzene rings is 1. The van der Waals surface area contributed by atoms with E-state index in [1.807, 2.05) is 13.0 Å². The number of halogens is 1. The minimum Gasteiger partial charge on any atom is -0.324 e. The molecule has 0 aliphatic carbocycles. The summed E-state index contributed by atoms with van der Waals surface area (Å²) in [5.41, 5.74) is 6.88. The molecule has 2 N–H and O–H groups in total. The fourth-order valence-corrected chi connectivity index (χ4v) is 1.40. The predicted molar refractivity (Wildman–Crippen MR) is 56.1 cm³/mol. The second-order valence-electron chi connectivity index (χ2n) is 3.45. The summed E-state index contributed by atoms with van der Waals surface area (Å²) in [7, 11) is 0. The topological polar surface area (TPSA) is 43.8 Å². The maximum absolute atomic E-state index is 13.7. The molecule has 0 unspecified atom stereocenters. The van der Waals surface area contributed by atoms with Crippen molar-refractivity contribution < 1.29 is 4.39 Å². The van der Waals surface area contributed by atoms with Crippen LogP contribution in [-0.2, 0) is 0 Å². The van der Waals surface area contributed by atoms with Crippen LogP contribution in [-0.4, -0.2) is 9.78 Å². The summed E-state index contributed by atoms with van der Waals surface area (Å²) in [4.78, 5) is 0. The van der Waals surface area contributed by atoms with Crippen LogP contribution in [0.25, 0.3) is 5.69 Å². The summed E-state index contributed by atoms with van der Waals surface area (Å²) in [6.45, 7) is 1.82. The van der Waals surface area contributed by atoms with Gasteiger partial charge in [0.05, 0.1) is 0 Å². The first-order chi connectivity index (χ1) is 7.18. The van der Waals surface area contributed by atoms with Crippen LogP contribution in [0.2, 0.25) is 0 Å². The maximum Gasteiger partial charge on any atom is 0.149 e. The predicted octanol–water partition coefficient (Wildman–Crippen LogP) is 2.03. The van der Waals surface area contributed by atoms with Gasteiger partial charge in [-0.15, -0.1) is 0 Å². The van der Waals surface area contributed by atoms with Gasteiger partial charge in [-0.3, -0.25) is 0 Å². The third kappa shape index (κ3) is 1.89. The summed E-state index contributed by atoms with van der Waals surface area (Å²) in [5, 5.41) is 3.97. The average Bonchev–Trinajstić information content (AvgIpc) is 2.70.